The molecule has 2 N–H and O–H groups in total. The lowest BCUT2D eigenvalue weighted by molar-refractivity contribution is 0.269. The molecule has 4 nitrogen and oxygen atoms in total. The number of rotatable bonds is 2. The van der Waals surface area contributed by atoms with Crippen molar-refractivity contribution in [2.75, 3.05) is 13.2 Å². The summed E-state index contributed by atoms with van der Waals surface area (Å²) in [6, 6.07) is 6.07. The van der Waals surface area contributed by atoms with E-state index in [1.54, 1.807) is 6.20 Å². The van der Waals surface area contributed by atoms with Crippen LogP contribution in [-0.2, 0) is 0 Å². The summed E-state index contributed by atoms with van der Waals surface area (Å²) in [6.07, 6.45) is 4.10. The SMILES string of the molecule is NC[C@@H]1CCOc2c(-c3cnco3)cccc21. The maximum atomic E-state index is 5.80. The number of nitrogens with zero attached hydrogens (tertiary/aromatic N) is 1. The maximum Gasteiger partial charge on any atom is 0.181 e. The zero-order chi connectivity index (χ0) is 11.7. The van der Waals surface area contributed by atoms with Crippen LogP contribution < -0.4 is 10.5 Å². The number of ether oxygens (including phenoxy) is 1. The molecule has 1 aliphatic heterocycles. The van der Waals surface area contributed by atoms with E-state index < -0.39 is 0 Å². The van der Waals surface area contributed by atoms with E-state index in [2.05, 4.69) is 11.1 Å². The quantitative estimate of drug-likeness (QED) is 0.858. The van der Waals surface area contributed by atoms with Gasteiger partial charge in [0, 0.05) is 5.92 Å². The first-order valence-corrected chi connectivity index (χ1v) is 5.75. The number of aromatic nitrogens is 1. The van der Waals surface area contributed by atoms with Crippen molar-refractivity contribution in [1.29, 1.82) is 0 Å². The highest BCUT2D eigenvalue weighted by Crippen LogP contribution is 2.40. The molecule has 2 aromatic rings. The van der Waals surface area contributed by atoms with Gasteiger partial charge >= 0.3 is 0 Å². The van der Waals surface area contributed by atoms with Crippen LogP contribution in [-0.4, -0.2) is 18.1 Å². The van der Waals surface area contributed by atoms with Crippen LogP contribution >= 0.6 is 0 Å². The van der Waals surface area contributed by atoms with E-state index in [0.29, 0.717) is 19.1 Å². The lowest BCUT2D eigenvalue weighted by atomic mass is 9.91. The molecule has 1 aromatic carbocycles. The van der Waals surface area contributed by atoms with Crippen molar-refractivity contribution in [2.45, 2.75) is 12.3 Å². The third-order valence-corrected chi connectivity index (χ3v) is 3.18. The Morgan fingerprint density at radius 2 is 2.35 bits per heavy atom. The van der Waals surface area contributed by atoms with Gasteiger partial charge < -0.3 is 14.9 Å². The number of hydrogen-bond acceptors (Lipinski definition) is 4. The van der Waals surface area contributed by atoms with Gasteiger partial charge in [0.15, 0.2) is 12.2 Å². The molecule has 17 heavy (non-hydrogen) atoms. The van der Waals surface area contributed by atoms with E-state index in [9.17, 15) is 0 Å². The average molecular weight is 230 g/mol. The van der Waals surface area contributed by atoms with Crippen molar-refractivity contribution in [2.24, 2.45) is 5.73 Å². The van der Waals surface area contributed by atoms with Gasteiger partial charge in [0.05, 0.1) is 18.4 Å². The second-order valence-corrected chi connectivity index (χ2v) is 4.16. The molecule has 0 radical (unpaired) electrons. The molecule has 0 aliphatic carbocycles. The Kier molecular flexibility index (Phi) is 2.57. The summed E-state index contributed by atoms with van der Waals surface area (Å²) in [6.45, 7) is 1.36. The first kappa shape index (κ1) is 10.4. The summed E-state index contributed by atoms with van der Waals surface area (Å²) in [5.74, 6) is 2.01. The van der Waals surface area contributed by atoms with Crippen LogP contribution in [0.15, 0.2) is 35.2 Å². The lowest BCUT2D eigenvalue weighted by Crippen LogP contribution is -2.21. The zero-order valence-electron chi connectivity index (χ0n) is 9.43. The fraction of sp³-hybridized carbons (Fsp3) is 0.308. The monoisotopic (exact) mass is 230 g/mol. The number of para-hydroxylation sites is 1. The first-order chi connectivity index (χ1) is 8.40. The smallest absolute Gasteiger partial charge is 0.181 e. The standard InChI is InChI=1S/C13H14N2O2/c14-6-9-4-5-16-13-10(9)2-1-3-11(13)12-7-15-8-17-12/h1-3,7-9H,4-6,14H2/t9-/m0/s1. The van der Waals surface area contributed by atoms with Gasteiger partial charge in [0.2, 0.25) is 0 Å². The highest BCUT2D eigenvalue weighted by Gasteiger charge is 2.23. The van der Waals surface area contributed by atoms with Crippen LogP contribution in [0.4, 0.5) is 0 Å². The van der Waals surface area contributed by atoms with E-state index >= 15 is 0 Å². The van der Waals surface area contributed by atoms with E-state index in [-0.39, 0.29) is 0 Å². The minimum Gasteiger partial charge on any atom is -0.492 e. The molecule has 88 valence electrons. The molecule has 0 saturated carbocycles. The van der Waals surface area contributed by atoms with E-state index in [4.69, 9.17) is 14.9 Å². The van der Waals surface area contributed by atoms with Crippen LogP contribution in [0.2, 0.25) is 0 Å². The van der Waals surface area contributed by atoms with Crippen LogP contribution in [0.3, 0.4) is 0 Å². The van der Waals surface area contributed by atoms with Crippen LogP contribution in [0.1, 0.15) is 17.9 Å². The maximum absolute atomic E-state index is 5.80. The molecule has 0 saturated heterocycles. The summed E-state index contributed by atoms with van der Waals surface area (Å²) in [5, 5.41) is 0. The van der Waals surface area contributed by atoms with Crippen molar-refractivity contribution >= 4 is 0 Å². The molecule has 4 heteroatoms. The van der Waals surface area contributed by atoms with Gasteiger partial charge in [0.1, 0.15) is 5.75 Å². The molecule has 1 aliphatic rings. The molecule has 0 spiro atoms. The Morgan fingerprint density at radius 1 is 1.41 bits per heavy atom. The molecular formula is C13H14N2O2. The molecule has 1 atom stereocenters. The predicted molar refractivity (Wildman–Crippen MR) is 63.8 cm³/mol. The number of oxazole rings is 1. The fourth-order valence-electron chi connectivity index (χ4n) is 2.28. The average Bonchev–Trinajstić information content (AvgIpc) is 2.91. The van der Waals surface area contributed by atoms with Crippen LogP contribution in [0.5, 0.6) is 5.75 Å². The van der Waals surface area contributed by atoms with Crippen molar-refractivity contribution in [3.63, 3.8) is 0 Å². The Hall–Kier alpha value is -1.81. The lowest BCUT2D eigenvalue weighted by Gasteiger charge is -2.26. The van der Waals surface area contributed by atoms with Crippen molar-refractivity contribution in [3.8, 4) is 17.1 Å². The topological polar surface area (TPSA) is 61.3 Å². The minimum absolute atomic E-state index is 0.377. The van der Waals surface area contributed by atoms with Crippen molar-refractivity contribution in [3.05, 3.63) is 36.4 Å². The number of benzene rings is 1. The molecule has 0 fully saturated rings. The Morgan fingerprint density at radius 3 is 3.12 bits per heavy atom. The Labute approximate surface area is 99.4 Å². The highest BCUT2D eigenvalue weighted by molar-refractivity contribution is 5.68. The molecular weight excluding hydrogens is 216 g/mol. The summed E-state index contributed by atoms with van der Waals surface area (Å²) in [5.41, 5.74) is 7.93. The Bertz CT molecular complexity index is 508. The van der Waals surface area contributed by atoms with Gasteiger partial charge in [-0.05, 0) is 24.6 Å². The summed E-state index contributed by atoms with van der Waals surface area (Å²) < 4.78 is 11.1. The molecule has 0 amide bonds. The molecule has 2 heterocycles. The second-order valence-electron chi connectivity index (χ2n) is 4.16. The van der Waals surface area contributed by atoms with E-state index in [1.165, 1.54) is 12.0 Å². The fourth-order valence-corrected chi connectivity index (χ4v) is 2.28. The summed E-state index contributed by atoms with van der Waals surface area (Å²) >= 11 is 0. The number of nitrogens with two attached hydrogens (primary N) is 1. The van der Waals surface area contributed by atoms with Crippen molar-refractivity contribution in [1.82, 2.24) is 4.98 Å². The molecule has 1 aromatic heterocycles. The molecule has 0 bridgehead atoms. The summed E-state index contributed by atoms with van der Waals surface area (Å²) in [7, 11) is 0. The third kappa shape index (κ3) is 1.70. The molecule has 3 rings (SSSR count). The predicted octanol–water partition coefficient (Wildman–Crippen LogP) is 2.17. The largest absolute Gasteiger partial charge is 0.492 e. The van der Waals surface area contributed by atoms with Gasteiger partial charge in [-0.3, -0.25) is 0 Å². The van der Waals surface area contributed by atoms with Crippen molar-refractivity contribution < 1.29 is 9.15 Å². The van der Waals surface area contributed by atoms with Gasteiger partial charge in [-0.1, -0.05) is 12.1 Å². The van der Waals surface area contributed by atoms with E-state index in [0.717, 1.165) is 23.5 Å². The number of fused-ring (bicyclic) bond motifs is 1. The third-order valence-electron chi connectivity index (χ3n) is 3.18. The Balaban J connectivity index is 2.12. The van der Waals surface area contributed by atoms with Gasteiger partial charge in [-0.25, -0.2) is 4.98 Å². The number of hydrogen-bond donors (Lipinski definition) is 1. The van der Waals surface area contributed by atoms with Crippen LogP contribution in [0.25, 0.3) is 11.3 Å². The first-order valence-electron chi connectivity index (χ1n) is 5.75. The minimum atomic E-state index is 0.377. The summed E-state index contributed by atoms with van der Waals surface area (Å²) in [4.78, 5) is 3.94. The normalized spacial score (nSPS) is 18.5. The second kappa shape index (κ2) is 4.22. The van der Waals surface area contributed by atoms with E-state index in [1.807, 2.05) is 12.1 Å². The van der Waals surface area contributed by atoms with Crippen LogP contribution in [0, 0.1) is 0 Å². The highest BCUT2D eigenvalue weighted by atomic mass is 16.5. The zero-order valence-corrected chi connectivity index (χ0v) is 9.43. The van der Waals surface area contributed by atoms with Gasteiger partial charge in [-0.15, -0.1) is 0 Å². The molecule has 0 unspecified atom stereocenters. The van der Waals surface area contributed by atoms with Gasteiger partial charge in [0.25, 0.3) is 0 Å². The van der Waals surface area contributed by atoms with Gasteiger partial charge in [-0.2, -0.15) is 0 Å².